The van der Waals surface area contributed by atoms with Crippen molar-refractivity contribution in [1.82, 2.24) is 24.1 Å². The third-order valence-corrected chi connectivity index (χ3v) is 14.8. The number of aromatic nitrogens is 5. The molecule has 0 aliphatic heterocycles. The van der Waals surface area contributed by atoms with Crippen LogP contribution in [0.3, 0.4) is 0 Å². The molecule has 0 fully saturated rings. The Morgan fingerprint density at radius 3 is 1.45 bits per heavy atom. The minimum atomic E-state index is -0.354. The molecule has 0 unspecified atom stereocenters. The van der Waals surface area contributed by atoms with Gasteiger partial charge >= 0.3 is 0 Å². The summed E-state index contributed by atoms with van der Waals surface area (Å²) in [6.45, 7) is 33.6. The van der Waals surface area contributed by atoms with Gasteiger partial charge in [0.05, 0.1) is 45.3 Å². The van der Waals surface area contributed by atoms with Crippen molar-refractivity contribution in [1.29, 1.82) is 0 Å². The number of para-hydroxylation sites is 1. The molecule has 0 saturated carbocycles. The summed E-state index contributed by atoms with van der Waals surface area (Å²) in [6.07, 6.45) is 3.74. The Kier molecular flexibility index (Phi) is 13.9. The number of rotatable bonds is 7. The fraction of sp³-hybridized carbons (Fsp3) is 0.290. The second kappa shape index (κ2) is 19.6. The van der Waals surface area contributed by atoms with E-state index in [0.29, 0.717) is 11.4 Å². The van der Waals surface area contributed by atoms with Gasteiger partial charge in [0, 0.05) is 49.6 Å². The molecule has 0 spiro atoms. The number of pyridine rings is 1. The molecule has 3 aromatic heterocycles. The Labute approximate surface area is 465 Å². The molecule has 6 nitrogen and oxygen atoms in total. The summed E-state index contributed by atoms with van der Waals surface area (Å²) in [6, 6.07) is 56.3. The summed E-state index contributed by atoms with van der Waals surface area (Å²) in [4.78, 5) is 15.9. The quantitative estimate of drug-likeness (QED) is 0.162. The van der Waals surface area contributed by atoms with Crippen LogP contribution in [0, 0.1) is 6.07 Å². The Hall–Kier alpha value is -6.88. The first-order chi connectivity index (χ1) is 35.3. The van der Waals surface area contributed by atoms with Crippen LogP contribution in [0.2, 0.25) is 0 Å². The van der Waals surface area contributed by atoms with Crippen LogP contribution in [-0.4, -0.2) is 29.2 Å². The van der Waals surface area contributed by atoms with Crippen molar-refractivity contribution in [3.8, 4) is 73.3 Å². The first kappa shape index (κ1) is 53.9. The number of fused-ring (bicyclic) bond motifs is 2. The van der Waals surface area contributed by atoms with Crippen LogP contribution in [-0.2, 0) is 48.1 Å². The number of aromatic hydroxyl groups is 1. The number of hydrogen-bond donors (Lipinski definition) is 1. The van der Waals surface area contributed by atoms with Crippen molar-refractivity contribution in [2.75, 3.05) is 0 Å². The van der Waals surface area contributed by atoms with E-state index in [1.165, 1.54) is 11.1 Å². The van der Waals surface area contributed by atoms with E-state index in [4.69, 9.17) is 9.97 Å². The molecule has 76 heavy (non-hydrogen) atoms. The van der Waals surface area contributed by atoms with Crippen molar-refractivity contribution in [2.24, 2.45) is 0 Å². The molecule has 10 rings (SSSR count). The molecule has 0 radical (unpaired) electrons. The predicted molar refractivity (Wildman–Crippen MR) is 315 cm³/mol. The monoisotopic (exact) mass is 1180 g/mol. The Balaban J connectivity index is 0.00000706. The van der Waals surface area contributed by atoms with Crippen LogP contribution in [0.15, 0.2) is 158 Å². The Bertz CT molecular complexity index is 3790. The molecule has 0 aliphatic carbocycles. The van der Waals surface area contributed by atoms with E-state index < -0.39 is 0 Å². The van der Waals surface area contributed by atoms with Crippen LogP contribution < -0.4 is 0 Å². The third-order valence-electron chi connectivity index (χ3n) is 14.8. The molecule has 7 aromatic carbocycles. The number of nitrogens with zero attached hydrogens (tertiary/aromatic N) is 5. The van der Waals surface area contributed by atoms with E-state index >= 15 is 0 Å². The van der Waals surface area contributed by atoms with Gasteiger partial charge in [0.2, 0.25) is 0 Å². The topological polar surface area (TPSA) is 68.8 Å². The summed E-state index contributed by atoms with van der Waals surface area (Å²) in [5.74, 6) is 1.68. The molecular weight excluding hydrogens is 1110 g/mol. The molecule has 7 heteroatoms. The van der Waals surface area contributed by atoms with Crippen LogP contribution >= 0.6 is 0 Å². The van der Waals surface area contributed by atoms with E-state index in [9.17, 15) is 5.11 Å². The van der Waals surface area contributed by atoms with Crippen LogP contribution in [0.5, 0.6) is 5.75 Å². The first-order valence-corrected chi connectivity index (χ1v) is 26.5. The fourth-order valence-electron chi connectivity index (χ4n) is 10.3. The second-order valence-electron chi connectivity index (χ2n) is 25.6. The van der Waals surface area contributed by atoms with E-state index in [1.807, 2.05) is 18.5 Å². The molecule has 0 aliphatic rings. The largest absolute Gasteiger partial charge is 0.507 e. The van der Waals surface area contributed by atoms with Gasteiger partial charge in [-0.3, -0.25) is 14.5 Å². The van der Waals surface area contributed by atoms with Crippen molar-refractivity contribution in [3.63, 3.8) is 0 Å². The number of imidazole rings is 2. The van der Waals surface area contributed by atoms with Crippen molar-refractivity contribution in [3.05, 3.63) is 192 Å². The maximum absolute atomic E-state index is 12.7. The third kappa shape index (κ3) is 10.1. The molecule has 390 valence electrons. The normalized spacial score (nSPS) is 12.6. The van der Waals surface area contributed by atoms with Gasteiger partial charge < -0.3 is 9.67 Å². The summed E-state index contributed by atoms with van der Waals surface area (Å²) in [5.41, 5.74) is 17.9. The molecule has 0 bridgehead atoms. The van der Waals surface area contributed by atoms with Gasteiger partial charge in [-0.05, 0) is 97.4 Å². The average Bonchev–Trinajstić information content (AvgIpc) is 3.94. The van der Waals surface area contributed by atoms with Gasteiger partial charge in [-0.1, -0.05) is 206 Å². The molecule has 3 heterocycles. The predicted octanol–water partition coefficient (Wildman–Crippen LogP) is 18.1. The molecule has 0 amide bonds. The van der Waals surface area contributed by atoms with Gasteiger partial charge in [-0.15, -0.1) is 29.3 Å². The maximum atomic E-state index is 12.7. The second-order valence-corrected chi connectivity index (χ2v) is 25.6. The minimum absolute atomic E-state index is 0. The summed E-state index contributed by atoms with van der Waals surface area (Å²) in [7, 11) is 0. The van der Waals surface area contributed by atoms with Gasteiger partial charge in [-0.2, -0.15) is 0 Å². The summed E-state index contributed by atoms with van der Waals surface area (Å²) >= 11 is 0. The number of phenols is 1. The zero-order valence-corrected chi connectivity index (χ0v) is 49.3. The molecular formula is C69H72N5OPt-. The molecule has 0 saturated heterocycles. The number of benzene rings is 7. The molecule has 1 N–H and O–H groups in total. The van der Waals surface area contributed by atoms with E-state index in [0.717, 1.165) is 94.9 Å². The standard InChI is InChI=1S/C69H72N5O.Pt/c1-65(2,3)47-29-31-57(52(38-47)43-23-18-16-19-24-43)73-59-28-22-27-51(61(59)72-64(73)54-40-50(68(10,11)12)41-55(62(54)75)69(13,14)15)45-35-46(37-49(36-45)67(7,8)9)63-71-56-33-34-70-42-60(56)74(63)58-32-30-48(66(4,5)6)39-53(58)44-25-20-17-21-26-44;/h16-34,36-42,75H,1-15H3;/q-1;. The van der Waals surface area contributed by atoms with E-state index in [1.54, 1.807) is 0 Å². The number of phenolic OH excluding ortho intramolecular Hbond substituents is 1. The number of hydrogen-bond acceptors (Lipinski definition) is 4. The van der Waals surface area contributed by atoms with Crippen LogP contribution in [0.25, 0.3) is 89.6 Å². The van der Waals surface area contributed by atoms with Gasteiger partial charge in [0.25, 0.3) is 0 Å². The van der Waals surface area contributed by atoms with Crippen molar-refractivity contribution >= 4 is 22.1 Å². The SMILES string of the molecule is CC(C)(C)c1cc(-c2cccc3c2nc(-c2cc(C(C)(C)C)cc(C(C)(C)C)c2O)n3-c2ccc(C(C)(C)C)cc2-c2ccccc2)[c-]c(-c2nc3ccncc3n2-c2ccc(C(C)(C)C)cc2-c2ccccc2)c1.[Pt]. The van der Waals surface area contributed by atoms with Crippen LogP contribution in [0.1, 0.15) is 132 Å². The zero-order chi connectivity index (χ0) is 53.6. The van der Waals surface area contributed by atoms with Gasteiger partial charge in [0.1, 0.15) is 11.6 Å². The summed E-state index contributed by atoms with van der Waals surface area (Å²) < 4.78 is 4.56. The van der Waals surface area contributed by atoms with Gasteiger partial charge in [-0.25, -0.2) is 4.98 Å². The van der Waals surface area contributed by atoms with E-state index in [2.05, 4.69) is 264 Å². The Morgan fingerprint density at radius 2 is 0.921 bits per heavy atom. The first-order valence-electron chi connectivity index (χ1n) is 26.5. The van der Waals surface area contributed by atoms with Gasteiger partial charge in [0.15, 0.2) is 0 Å². The zero-order valence-electron chi connectivity index (χ0n) is 47.0. The Morgan fingerprint density at radius 1 is 0.421 bits per heavy atom. The minimum Gasteiger partial charge on any atom is -0.507 e. The van der Waals surface area contributed by atoms with Crippen molar-refractivity contribution < 1.29 is 26.2 Å². The molecule has 0 atom stereocenters. The molecule has 10 aromatic rings. The average molecular weight is 1180 g/mol. The van der Waals surface area contributed by atoms with E-state index in [-0.39, 0.29) is 53.9 Å². The van der Waals surface area contributed by atoms with Crippen molar-refractivity contribution in [2.45, 2.75) is 131 Å². The smallest absolute Gasteiger partial charge is 0.148 e. The summed E-state index contributed by atoms with van der Waals surface area (Å²) in [5, 5.41) is 12.7. The maximum Gasteiger partial charge on any atom is 0.148 e. The fourth-order valence-corrected chi connectivity index (χ4v) is 10.3. The van der Waals surface area contributed by atoms with Crippen LogP contribution in [0.4, 0.5) is 0 Å².